The van der Waals surface area contributed by atoms with Crippen LogP contribution in [0.25, 0.3) is 6.08 Å². The van der Waals surface area contributed by atoms with E-state index in [4.69, 9.17) is 4.42 Å². The zero-order chi connectivity index (χ0) is 17.6. The lowest BCUT2D eigenvalue weighted by Crippen LogP contribution is -2.46. The van der Waals surface area contributed by atoms with Gasteiger partial charge in [0.25, 0.3) is 0 Å². The van der Waals surface area contributed by atoms with E-state index in [1.54, 1.807) is 24.5 Å². The molecule has 3 rings (SSSR count). The molecule has 1 aliphatic rings. The molecule has 0 spiro atoms. The molecule has 0 saturated carbocycles. The number of piperazine rings is 1. The van der Waals surface area contributed by atoms with Crippen molar-refractivity contribution in [3.05, 3.63) is 54.0 Å². The number of hydrogen-bond acceptors (Lipinski definition) is 4. The van der Waals surface area contributed by atoms with Crippen LogP contribution in [0.15, 0.2) is 47.1 Å². The van der Waals surface area contributed by atoms with E-state index in [0.717, 1.165) is 38.4 Å². The smallest absolute Gasteiger partial charge is 0.248 e. The van der Waals surface area contributed by atoms with Crippen molar-refractivity contribution in [3.8, 4) is 0 Å². The van der Waals surface area contributed by atoms with Gasteiger partial charge < -0.3 is 19.5 Å². The number of amides is 1. The van der Waals surface area contributed by atoms with Crippen molar-refractivity contribution in [2.45, 2.75) is 13.8 Å². The summed E-state index contributed by atoms with van der Waals surface area (Å²) in [6.45, 7) is 9.72. The molecule has 1 aliphatic heterocycles. The number of benzene rings is 1. The monoisotopic (exact) mass is 339 g/mol. The third-order valence-corrected chi connectivity index (χ3v) is 4.57. The van der Waals surface area contributed by atoms with Gasteiger partial charge in [0.1, 0.15) is 5.76 Å². The Balaban J connectivity index is 1.61. The van der Waals surface area contributed by atoms with Crippen LogP contribution >= 0.6 is 0 Å². The molecular formula is C20H25N3O2. The normalized spacial score (nSPS) is 15.7. The number of carbonyl (C=O) groups excluding carboxylic acids is 1. The summed E-state index contributed by atoms with van der Waals surface area (Å²) in [5.41, 5.74) is 3.24. The van der Waals surface area contributed by atoms with Gasteiger partial charge in [-0.3, -0.25) is 4.79 Å². The van der Waals surface area contributed by atoms with Crippen molar-refractivity contribution in [2.75, 3.05) is 42.9 Å². The topological polar surface area (TPSA) is 48.7 Å². The summed E-state index contributed by atoms with van der Waals surface area (Å²) in [6.07, 6.45) is 4.72. The number of anilines is 2. The van der Waals surface area contributed by atoms with Crippen LogP contribution in [0.1, 0.15) is 18.2 Å². The molecule has 1 saturated heterocycles. The van der Waals surface area contributed by atoms with Crippen LogP contribution in [0.5, 0.6) is 0 Å². The number of aryl methyl sites for hydroxylation is 1. The van der Waals surface area contributed by atoms with Gasteiger partial charge in [-0.1, -0.05) is 6.92 Å². The summed E-state index contributed by atoms with van der Waals surface area (Å²) in [6, 6.07) is 9.69. The minimum Gasteiger partial charge on any atom is -0.465 e. The summed E-state index contributed by atoms with van der Waals surface area (Å²) in [4.78, 5) is 16.9. The number of carbonyl (C=O) groups is 1. The van der Waals surface area contributed by atoms with E-state index in [9.17, 15) is 4.79 Å². The van der Waals surface area contributed by atoms with Crippen LogP contribution in [0.3, 0.4) is 0 Å². The van der Waals surface area contributed by atoms with Crippen molar-refractivity contribution in [2.24, 2.45) is 0 Å². The maximum atomic E-state index is 12.0. The van der Waals surface area contributed by atoms with Gasteiger partial charge in [-0.25, -0.2) is 0 Å². The van der Waals surface area contributed by atoms with Gasteiger partial charge in [0.05, 0.1) is 6.26 Å². The molecule has 25 heavy (non-hydrogen) atoms. The van der Waals surface area contributed by atoms with Gasteiger partial charge in [0.2, 0.25) is 5.91 Å². The Morgan fingerprint density at radius 1 is 1.24 bits per heavy atom. The summed E-state index contributed by atoms with van der Waals surface area (Å²) in [5.74, 6) is 0.494. The molecule has 1 aromatic heterocycles. The summed E-state index contributed by atoms with van der Waals surface area (Å²) in [7, 11) is 0. The fraction of sp³-hybridized carbons (Fsp3) is 0.350. The molecule has 1 fully saturated rings. The Labute approximate surface area is 148 Å². The highest BCUT2D eigenvalue weighted by atomic mass is 16.3. The lowest BCUT2D eigenvalue weighted by atomic mass is 10.1. The van der Waals surface area contributed by atoms with E-state index in [1.165, 1.54) is 17.3 Å². The van der Waals surface area contributed by atoms with Crippen LogP contribution in [0.4, 0.5) is 11.4 Å². The Morgan fingerprint density at radius 2 is 2.04 bits per heavy atom. The minimum atomic E-state index is -0.167. The minimum absolute atomic E-state index is 0.167. The first-order valence-electron chi connectivity index (χ1n) is 8.76. The number of furan rings is 1. The molecule has 1 aromatic carbocycles. The Bertz CT molecular complexity index is 729. The van der Waals surface area contributed by atoms with Gasteiger partial charge in [-0.15, -0.1) is 0 Å². The van der Waals surface area contributed by atoms with E-state index < -0.39 is 0 Å². The van der Waals surface area contributed by atoms with E-state index in [1.807, 2.05) is 12.1 Å². The highest BCUT2D eigenvalue weighted by Crippen LogP contribution is 2.24. The molecule has 0 bridgehead atoms. The van der Waals surface area contributed by atoms with Gasteiger partial charge >= 0.3 is 0 Å². The van der Waals surface area contributed by atoms with Gasteiger partial charge in [0.15, 0.2) is 0 Å². The second-order valence-corrected chi connectivity index (χ2v) is 6.26. The Kier molecular flexibility index (Phi) is 5.56. The zero-order valence-electron chi connectivity index (χ0n) is 14.9. The number of likely N-dealkylation sites (N-methyl/N-ethyl adjacent to an activating group) is 1. The van der Waals surface area contributed by atoms with Crippen LogP contribution in [0.2, 0.25) is 0 Å². The van der Waals surface area contributed by atoms with Gasteiger partial charge in [-0.2, -0.15) is 0 Å². The summed E-state index contributed by atoms with van der Waals surface area (Å²) < 4.78 is 5.18. The highest BCUT2D eigenvalue weighted by molar-refractivity contribution is 6.01. The first-order chi connectivity index (χ1) is 12.2. The first kappa shape index (κ1) is 17.3. The average molecular weight is 339 g/mol. The molecule has 1 N–H and O–H groups in total. The van der Waals surface area contributed by atoms with E-state index in [-0.39, 0.29) is 5.91 Å². The summed E-state index contributed by atoms with van der Waals surface area (Å²) >= 11 is 0. The molecule has 1 amide bonds. The number of rotatable bonds is 5. The van der Waals surface area contributed by atoms with Crippen molar-refractivity contribution in [3.63, 3.8) is 0 Å². The van der Waals surface area contributed by atoms with Crippen LogP contribution in [-0.2, 0) is 4.79 Å². The van der Waals surface area contributed by atoms with Crippen LogP contribution in [-0.4, -0.2) is 43.5 Å². The second-order valence-electron chi connectivity index (χ2n) is 6.26. The van der Waals surface area contributed by atoms with E-state index in [2.05, 4.69) is 35.0 Å². The van der Waals surface area contributed by atoms with Crippen LogP contribution in [0, 0.1) is 6.92 Å². The quantitative estimate of drug-likeness (QED) is 0.849. The average Bonchev–Trinajstić information content (AvgIpc) is 3.14. The standard InChI is InChI=1S/C20H25N3O2/c1-3-22-10-12-23(13-11-22)19-8-6-17(15-16(19)2)21-20(24)9-7-18-5-4-14-25-18/h4-9,14-15H,3,10-13H2,1-2H3,(H,21,24)/b9-7+. The lowest BCUT2D eigenvalue weighted by Gasteiger charge is -2.36. The first-order valence-corrected chi connectivity index (χ1v) is 8.76. The fourth-order valence-corrected chi connectivity index (χ4v) is 3.12. The Hall–Kier alpha value is -2.53. The molecule has 0 aliphatic carbocycles. The number of nitrogens with one attached hydrogen (secondary N) is 1. The predicted molar refractivity (Wildman–Crippen MR) is 102 cm³/mol. The van der Waals surface area contributed by atoms with Crippen molar-refractivity contribution < 1.29 is 9.21 Å². The molecule has 2 heterocycles. The molecule has 0 atom stereocenters. The maximum absolute atomic E-state index is 12.0. The van der Waals surface area contributed by atoms with E-state index >= 15 is 0 Å². The molecule has 0 unspecified atom stereocenters. The molecule has 2 aromatic rings. The fourth-order valence-electron chi connectivity index (χ4n) is 3.12. The predicted octanol–water partition coefficient (Wildman–Crippen LogP) is 3.38. The number of hydrogen-bond donors (Lipinski definition) is 1. The van der Waals surface area contributed by atoms with Crippen molar-refractivity contribution in [1.82, 2.24) is 4.90 Å². The largest absolute Gasteiger partial charge is 0.465 e. The molecule has 132 valence electrons. The van der Waals surface area contributed by atoms with Crippen molar-refractivity contribution in [1.29, 1.82) is 0 Å². The molecule has 0 radical (unpaired) electrons. The highest BCUT2D eigenvalue weighted by Gasteiger charge is 2.17. The van der Waals surface area contributed by atoms with E-state index in [0.29, 0.717) is 5.76 Å². The third kappa shape index (κ3) is 4.51. The van der Waals surface area contributed by atoms with Crippen molar-refractivity contribution >= 4 is 23.4 Å². The van der Waals surface area contributed by atoms with Gasteiger partial charge in [-0.05, 0) is 55.4 Å². The SMILES string of the molecule is CCN1CCN(c2ccc(NC(=O)/C=C/c3ccco3)cc2C)CC1. The third-order valence-electron chi connectivity index (χ3n) is 4.57. The Morgan fingerprint density at radius 3 is 2.68 bits per heavy atom. The summed E-state index contributed by atoms with van der Waals surface area (Å²) in [5, 5.41) is 2.90. The van der Waals surface area contributed by atoms with Crippen LogP contribution < -0.4 is 10.2 Å². The number of nitrogens with zero attached hydrogens (tertiary/aromatic N) is 2. The maximum Gasteiger partial charge on any atom is 0.248 e. The molecule has 5 nitrogen and oxygen atoms in total. The zero-order valence-corrected chi connectivity index (χ0v) is 14.9. The van der Waals surface area contributed by atoms with Gasteiger partial charge in [0, 0.05) is 43.6 Å². The molecular weight excluding hydrogens is 314 g/mol. The second kappa shape index (κ2) is 8.03. The molecule has 5 heteroatoms. The lowest BCUT2D eigenvalue weighted by molar-refractivity contribution is -0.111.